The highest BCUT2D eigenvalue weighted by Gasteiger charge is 2.29. The summed E-state index contributed by atoms with van der Waals surface area (Å²) in [5, 5.41) is 0. The Morgan fingerprint density at radius 2 is 2.29 bits per heavy atom. The lowest BCUT2D eigenvalue weighted by molar-refractivity contribution is -0.142. The topological polar surface area (TPSA) is 39.2 Å². The summed E-state index contributed by atoms with van der Waals surface area (Å²) in [6.07, 6.45) is 3.44. The van der Waals surface area contributed by atoms with Gasteiger partial charge in [-0.25, -0.2) is 0 Å². The average Bonchev–Trinajstić information content (AvgIpc) is 2.17. The summed E-state index contributed by atoms with van der Waals surface area (Å²) in [6.45, 7) is 3.66. The molecule has 1 heterocycles. The number of methoxy groups -OCH3 is 1. The second-order valence-electron chi connectivity index (χ2n) is 3.29. The van der Waals surface area contributed by atoms with Crippen molar-refractivity contribution in [3.8, 4) is 0 Å². The van der Waals surface area contributed by atoms with Crippen LogP contribution in [0.1, 0.15) is 13.8 Å². The number of esters is 1. The van der Waals surface area contributed by atoms with Crippen molar-refractivity contribution < 1.29 is 9.53 Å². The zero-order valence-electron chi connectivity index (χ0n) is 8.48. The number of pyridine rings is 1. The summed E-state index contributed by atoms with van der Waals surface area (Å²) in [5.41, 5.74) is 0. The number of thioether (sulfide) groups is 1. The molecule has 0 aliphatic heterocycles. The van der Waals surface area contributed by atoms with E-state index < -0.39 is 4.75 Å². The first-order valence-electron chi connectivity index (χ1n) is 4.24. The van der Waals surface area contributed by atoms with Crippen LogP contribution < -0.4 is 0 Å². The predicted molar refractivity (Wildman–Crippen MR) is 56.2 cm³/mol. The molecular weight excluding hydrogens is 198 g/mol. The Morgan fingerprint density at radius 3 is 2.79 bits per heavy atom. The zero-order valence-corrected chi connectivity index (χ0v) is 9.30. The molecule has 0 bridgehead atoms. The Balaban J connectivity index is 2.73. The van der Waals surface area contributed by atoms with E-state index in [-0.39, 0.29) is 5.97 Å². The van der Waals surface area contributed by atoms with E-state index in [0.29, 0.717) is 0 Å². The van der Waals surface area contributed by atoms with Crippen LogP contribution in [0, 0.1) is 0 Å². The van der Waals surface area contributed by atoms with Gasteiger partial charge in [0.15, 0.2) is 0 Å². The molecule has 0 aliphatic carbocycles. The quantitative estimate of drug-likeness (QED) is 0.567. The number of hydrogen-bond donors (Lipinski definition) is 0. The van der Waals surface area contributed by atoms with Crippen LogP contribution in [0.2, 0.25) is 0 Å². The normalized spacial score (nSPS) is 11.1. The molecule has 0 atom stereocenters. The number of carbonyl (C=O) groups excluding carboxylic acids is 1. The lowest BCUT2D eigenvalue weighted by Crippen LogP contribution is -2.28. The van der Waals surface area contributed by atoms with Gasteiger partial charge in [0.25, 0.3) is 0 Å². The molecule has 0 spiro atoms. The molecule has 4 heteroatoms. The van der Waals surface area contributed by atoms with E-state index in [2.05, 4.69) is 4.98 Å². The van der Waals surface area contributed by atoms with Gasteiger partial charge < -0.3 is 4.74 Å². The third-order valence-electron chi connectivity index (χ3n) is 1.68. The van der Waals surface area contributed by atoms with Gasteiger partial charge in [-0.2, -0.15) is 0 Å². The van der Waals surface area contributed by atoms with Crippen LogP contribution in [0.15, 0.2) is 29.4 Å². The van der Waals surface area contributed by atoms with Crippen molar-refractivity contribution in [1.29, 1.82) is 0 Å². The van der Waals surface area contributed by atoms with Crippen molar-refractivity contribution in [3.05, 3.63) is 24.5 Å². The first kappa shape index (κ1) is 11.0. The van der Waals surface area contributed by atoms with E-state index in [4.69, 9.17) is 4.74 Å². The molecule has 1 aromatic rings. The molecule has 0 amide bonds. The highest BCUT2D eigenvalue weighted by Crippen LogP contribution is 2.32. The number of rotatable bonds is 3. The average molecular weight is 211 g/mol. The minimum atomic E-state index is -0.572. The Labute approximate surface area is 87.9 Å². The van der Waals surface area contributed by atoms with Crippen LogP contribution in [0.3, 0.4) is 0 Å². The number of ether oxygens (including phenoxy) is 1. The Morgan fingerprint density at radius 1 is 1.57 bits per heavy atom. The van der Waals surface area contributed by atoms with E-state index in [9.17, 15) is 4.79 Å². The molecule has 0 N–H and O–H groups in total. The van der Waals surface area contributed by atoms with E-state index in [1.54, 1.807) is 12.4 Å². The Bertz CT molecular complexity index is 311. The fourth-order valence-electron chi connectivity index (χ4n) is 0.990. The van der Waals surface area contributed by atoms with Gasteiger partial charge in [-0.1, -0.05) is 0 Å². The van der Waals surface area contributed by atoms with E-state index in [1.165, 1.54) is 18.9 Å². The van der Waals surface area contributed by atoms with Gasteiger partial charge in [0.05, 0.1) is 7.11 Å². The third kappa shape index (κ3) is 2.73. The zero-order chi connectivity index (χ0) is 10.6. The molecule has 14 heavy (non-hydrogen) atoms. The lowest BCUT2D eigenvalue weighted by Gasteiger charge is -2.20. The maximum absolute atomic E-state index is 11.4. The second kappa shape index (κ2) is 4.46. The van der Waals surface area contributed by atoms with Crippen molar-refractivity contribution in [2.24, 2.45) is 0 Å². The SMILES string of the molecule is COC(=O)C(C)(C)Sc1cccnc1. The van der Waals surface area contributed by atoms with E-state index >= 15 is 0 Å². The van der Waals surface area contributed by atoms with Crippen molar-refractivity contribution in [2.75, 3.05) is 7.11 Å². The van der Waals surface area contributed by atoms with Gasteiger partial charge >= 0.3 is 5.97 Å². The van der Waals surface area contributed by atoms with Gasteiger partial charge in [-0.05, 0) is 26.0 Å². The molecular formula is C10H13NO2S. The molecule has 0 aromatic carbocycles. The minimum absolute atomic E-state index is 0.230. The van der Waals surface area contributed by atoms with Gasteiger partial charge in [0.2, 0.25) is 0 Å². The monoisotopic (exact) mass is 211 g/mol. The first-order valence-corrected chi connectivity index (χ1v) is 5.05. The summed E-state index contributed by atoms with van der Waals surface area (Å²) < 4.78 is 4.14. The highest BCUT2D eigenvalue weighted by molar-refractivity contribution is 8.01. The summed E-state index contributed by atoms with van der Waals surface area (Å²) in [6, 6.07) is 3.76. The number of hydrogen-bond acceptors (Lipinski definition) is 4. The second-order valence-corrected chi connectivity index (χ2v) is 4.99. The molecule has 0 unspecified atom stereocenters. The smallest absolute Gasteiger partial charge is 0.321 e. The van der Waals surface area contributed by atoms with Crippen LogP contribution in [0.4, 0.5) is 0 Å². The van der Waals surface area contributed by atoms with Gasteiger partial charge in [0, 0.05) is 17.3 Å². The van der Waals surface area contributed by atoms with Crippen LogP contribution in [0.5, 0.6) is 0 Å². The Hall–Kier alpha value is -1.03. The van der Waals surface area contributed by atoms with Crippen molar-refractivity contribution in [3.63, 3.8) is 0 Å². The molecule has 0 fully saturated rings. The van der Waals surface area contributed by atoms with Crippen LogP contribution in [0.25, 0.3) is 0 Å². The largest absolute Gasteiger partial charge is 0.468 e. The molecule has 1 aromatic heterocycles. The van der Waals surface area contributed by atoms with Crippen molar-refractivity contribution >= 4 is 17.7 Å². The lowest BCUT2D eigenvalue weighted by atomic mass is 10.2. The number of nitrogens with zero attached hydrogens (tertiary/aromatic N) is 1. The molecule has 1 rings (SSSR count). The van der Waals surface area contributed by atoms with Crippen LogP contribution >= 0.6 is 11.8 Å². The van der Waals surface area contributed by atoms with Crippen LogP contribution in [-0.4, -0.2) is 22.8 Å². The van der Waals surface area contributed by atoms with Crippen molar-refractivity contribution in [1.82, 2.24) is 4.98 Å². The number of aromatic nitrogens is 1. The molecule has 0 aliphatic rings. The van der Waals surface area contributed by atoms with E-state index in [0.717, 1.165) is 4.90 Å². The first-order chi connectivity index (χ1) is 6.56. The maximum atomic E-state index is 11.4. The van der Waals surface area contributed by atoms with Crippen LogP contribution in [-0.2, 0) is 9.53 Å². The highest BCUT2D eigenvalue weighted by atomic mass is 32.2. The molecule has 76 valence electrons. The summed E-state index contributed by atoms with van der Waals surface area (Å²) >= 11 is 1.44. The van der Waals surface area contributed by atoms with Gasteiger partial charge in [-0.3, -0.25) is 9.78 Å². The number of carbonyl (C=O) groups is 1. The molecule has 0 radical (unpaired) electrons. The predicted octanol–water partition coefficient (Wildman–Crippen LogP) is 2.13. The molecule has 3 nitrogen and oxygen atoms in total. The van der Waals surface area contributed by atoms with E-state index in [1.807, 2.05) is 26.0 Å². The fraction of sp³-hybridized carbons (Fsp3) is 0.400. The van der Waals surface area contributed by atoms with Gasteiger partial charge in [-0.15, -0.1) is 11.8 Å². The minimum Gasteiger partial charge on any atom is -0.468 e. The maximum Gasteiger partial charge on any atom is 0.321 e. The summed E-state index contributed by atoms with van der Waals surface area (Å²) in [7, 11) is 1.40. The standard InChI is InChI=1S/C10H13NO2S/c1-10(2,9(12)13-3)14-8-5-4-6-11-7-8/h4-7H,1-3H3. The van der Waals surface area contributed by atoms with Crippen molar-refractivity contribution in [2.45, 2.75) is 23.5 Å². The molecule has 0 saturated carbocycles. The summed E-state index contributed by atoms with van der Waals surface area (Å²) in [5.74, 6) is -0.230. The fourth-order valence-corrected chi connectivity index (χ4v) is 2.01. The molecule has 0 saturated heterocycles. The Kier molecular flexibility index (Phi) is 3.52. The summed E-state index contributed by atoms with van der Waals surface area (Å²) in [4.78, 5) is 16.3. The third-order valence-corrected chi connectivity index (χ3v) is 2.84. The van der Waals surface area contributed by atoms with Gasteiger partial charge in [0.1, 0.15) is 4.75 Å².